The molecule has 1 unspecified atom stereocenters. The maximum absolute atomic E-state index is 12.7. The number of phosphoric ester groups is 1. The van der Waals surface area contributed by atoms with Crippen LogP contribution in [0, 0.1) is 0 Å². The van der Waals surface area contributed by atoms with Crippen LogP contribution >= 0.6 is 7.82 Å². The molecular weight excluding hydrogens is 750 g/mol. The van der Waals surface area contributed by atoms with E-state index >= 15 is 0 Å². The molecule has 0 saturated heterocycles. The number of unbranched alkanes of at least 4 members (excludes halogenated alkanes) is 14. The second-order valence-corrected chi connectivity index (χ2v) is 17.4. The fraction of sp³-hybridized carbons (Fsp3) is 0.708. The third-order valence-corrected chi connectivity index (χ3v) is 10.2. The Morgan fingerprint density at radius 3 is 1.43 bits per heavy atom. The van der Waals surface area contributed by atoms with E-state index < -0.39 is 32.5 Å². The highest BCUT2D eigenvalue weighted by atomic mass is 31.2. The summed E-state index contributed by atoms with van der Waals surface area (Å²) >= 11 is 0. The summed E-state index contributed by atoms with van der Waals surface area (Å²) in [6.45, 7) is 4.02. The smallest absolute Gasteiger partial charge is 0.306 e. The molecule has 0 saturated carbocycles. The second kappa shape index (κ2) is 39.9. The van der Waals surface area contributed by atoms with Crippen molar-refractivity contribution < 1.29 is 42.1 Å². The molecule has 0 fully saturated rings. The van der Waals surface area contributed by atoms with E-state index in [-0.39, 0.29) is 26.1 Å². The maximum Gasteiger partial charge on any atom is 0.306 e. The molecule has 0 heterocycles. The Morgan fingerprint density at radius 2 is 0.983 bits per heavy atom. The van der Waals surface area contributed by atoms with Gasteiger partial charge in [-0.25, -0.2) is 0 Å². The molecule has 9 nitrogen and oxygen atoms in total. The Hall–Kier alpha value is -2.55. The van der Waals surface area contributed by atoms with Crippen LogP contribution in [0.4, 0.5) is 0 Å². The zero-order valence-corrected chi connectivity index (χ0v) is 38.4. The van der Waals surface area contributed by atoms with Crippen molar-refractivity contribution in [2.45, 2.75) is 174 Å². The number of quaternary nitrogens is 1. The molecular formula is C48H84NO8P. The average Bonchev–Trinajstić information content (AvgIpc) is 3.17. The van der Waals surface area contributed by atoms with Gasteiger partial charge >= 0.3 is 11.9 Å². The standard InChI is InChI=1S/C48H84NO8P/c1-6-8-10-12-14-16-18-20-22-23-24-25-27-29-31-33-35-37-39-41-48(51)57-46(45-56-58(52,53)55-43-42-49(3,4)5)44-54-47(50)40-38-36-34-32-30-28-26-21-19-17-15-13-11-9-7-2/h8,10,14,16,20,22,24-25,29,31,35,37,46H,6-7,9,11-13,15,17-19,21,23,26-28,30,32-34,36,38-45H2,1-5H3/b10-8-,16-14-,22-20-,25-24-,31-29-,37-35-/t46-/m1/s1. The first kappa shape index (κ1) is 55.5. The van der Waals surface area contributed by atoms with Crippen LogP contribution in [0.5, 0.6) is 0 Å². The average molecular weight is 834 g/mol. The predicted molar refractivity (Wildman–Crippen MR) is 240 cm³/mol. The zero-order chi connectivity index (χ0) is 42.8. The van der Waals surface area contributed by atoms with Crippen molar-refractivity contribution in [1.82, 2.24) is 0 Å². The van der Waals surface area contributed by atoms with Crippen LogP contribution in [-0.2, 0) is 32.7 Å². The first-order chi connectivity index (χ1) is 28.0. The zero-order valence-electron chi connectivity index (χ0n) is 37.5. The maximum atomic E-state index is 12.7. The number of carbonyl (C=O) groups excluding carboxylic acids is 2. The van der Waals surface area contributed by atoms with Gasteiger partial charge in [0.05, 0.1) is 27.7 Å². The molecule has 0 rings (SSSR count). The van der Waals surface area contributed by atoms with Crippen LogP contribution in [0.15, 0.2) is 72.9 Å². The number of hydrogen-bond donors (Lipinski definition) is 0. The fourth-order valence-electron chi connectivity index (χ4n) is 5.74. The number of allylic oxidation sites excluding steroid dienone is 12. The van der Waals surface area contributed by atoms with Crippen LogP contribution < -0.4 is 4.89 Å². The van der Waals surface area contributed by atoms with E-state index in [2.05, 4.69) is 74.6 Å². The van der Waals surface area contributed by atoms with Gasteiger partial charge in [-0.3, -0.25) is 14.2 Å². The van der Waals surface area contributed by atoms with Gasteiger partial charge in [0, 0.05) is 12.8 Å². The predicted octanol–water partition coefficient (Wildman–Crippen LogP) is 12.4. The number of ether oxygens (including phenoxy) is 2. The Labute approximate surface area is 355 Å². The van der Waals surface area contributed by atoms with E-state index in [1.54, 1.807) is 0 Å². The van der Waals surface area contributed by atoms with Gasteiger partial charge in [0.2, 0.25) is 0 Å². The quantitative estimate of drug-likeness (QED) is 0.0197. The third kappa shape index (κ3) is 43.0. The summed E-state index contributed by atoms with van der Waals surface area (Å²) in [5.41, 5.74) is 0. The minimum Gasteiger partial charge on any atom is -0.756 e. The Morgan fingerprint density at radius 1 is 0.552 bits per heavy atom. The molecule has 0 amide bonds. The number of nitrogens with zero attached hydrogens (tertiary/aromatic N) is 1. The number of rotatable bonds is 40. The minimum atomic E-state index is -4.65. The van der Waals surface area contributed by atoms with Crippen molar-refractivity contribution in [3.63, 3.8) is 0 Å². The molecule has 0 aromatic carbocycles. The summed E-state index contributed by atoms with van der Waals surface area (Å²) < 4.78 is 33.8. The molecule has 0 aliphatic carbocycles. The molecule has 0 aromatic rings. The summed E-state index contributed by atoms with van der Waals surface area (Å²) in [5, 5.41) is 0. The van der Waals surface area contributed by atoms with E-state index in [1.807, 2.05) is 33.3 Å². The van der Waals surface area contributed by atoms with Crippen LogP contribution in [0.25, 0.3) is 0 Å². The number of phosphoric acid groups is 1. The first-order valence-electron chi connectivity index (χ1n) is 22.6. The monoisotopic (exact) mass is 834 g/mol. The number of esters is 2. The van der Waals surface area contributed by atoms with Crippen molar-refractivity contribution in [1.29, 1.82) is 0 Å². The van der Waals surface area contributed by atoms with Crippen LogP contribution in [0.1, 0.15) is 168 Å². The highest BCUT2D eigenvalue weighted by Gasteiger charge is 2.21. The summed E-state index contributed by atoms with van der Waals surface area (Å²) in [7, 11) is 1.11. The summed E-state index contributed by atoms with van der Waals surface area (Å²) in [6.07, 6.45) is 49.4. The van der Waals surface area contributed by atoms with Gasteiger partial charge < -0.3 is 27.9 Å². The molecule has 58 heavy (non-hydrogen) atoms. The highest BCUT2D eigenvalue weighted by molar-refractivity contribution is 7.45. The van der Waals surface area contributed by atoms with Crippen molar-refractivity contribution in [3.8, 4) is 0 Å². The summed E-state index contributed by atoms with van der Waals surface area (Å²) in [6, 6.07) is 0. The van der Waals surface area contributed by atoms with Crippen LogP contribution in [-0.4, -0.2) is 70.0 Å². The van der Waals surface area contributed by atoms with Crippen molar-refractivity contribution in [3.05, 3.63) is 72.9 Å². The molecule has 10 heteroatoms. The fourth-order valence-corrected chi connectivity index (χ4v) is 6.47. The Kier molecular flexibility index (Phi) is 38.1. The lowest BCUT2D eigenvalue weighted by Gasteiger charge is -2.28. The van der Waals surface area contributed by atoms with Crippen molar-refractivity contribution >= 4 is 19.8 Å². The van der Waals surface area contributed by atoms with Crippen LogP contribution in [0.2, 0.25) is 0 Å². The van der Waals surface area contributed by atoms with Gasteiger partial charge in [0.1, 0.15) is 19.8 Å². The van der Waals surface area contributed by atoms with Gasteiger partial charge in [-0.05, 0) is 51.4 Å². The van der Waals surface area contributed by atoms with E-state index in [0.717, 1.165) is 57.8 Å². The normalized spacial score (nSPS) is 14.2. The van der Waals surface area contributed by atoms with E-state index in [0.29, 0.717) is 17.4 Å². The highest BCUT2D eigenvalue weighted by Crippen LogP contribution is 2.38. The molecule has 0 bridgehead atoms. The van der Waals surface area contributed by atoms with Crippen molar-refractivity contribution in [2.75, 3.05) is 47.5 Å². The molecule has 0 radical (unpaired) electrons. The number of carbonyl (C=O) groups is 2. The van der Waals surface area contributed by atoms with Crippen molar-refractivity contribution in [2.24, 2.45) is 0 Å². The van der Waals surface area contributed by atoms with Gasteiger partial charge in [0.15, 0.2) is 6.10 Å². The summed E-state index contributed by atoms with van der Waals surface area (Å²) in [5.74, 6) is -0.934. The molecule has 2 atom stereocenters. The lowest BCUT2D eigenvalue weighted by atomic mass is 10.0. The SMILES string of the molecule is CC/C=C\C/C=C\C/C=C\C/C=C\C/C=C\C/C=C\CCC(=O)O[C@H](COC(=O)CCCCCCCCCCCCCCCCC)COP(=O)([O-])OCC[N+](C)(C)C. The molecule has 0 aliphatic rings. The van der Waals surface area contributed by atoms with Crippen LogP contribution in [0.3, 0.4) is 0 Å². The topological polar surface area (TPSA) is 111 Å². The Bertz CT molecular complexity index is 1220. The molecule has 0 aromatic heterocycles. The molecule has 0 N–H and O–H groups in total. The second-order valence-electron chi connectivity index (χ2n) is 16.0. The molecule has 0 spiro atoms. The number of hydrogen-bond acceptors (Lipinski definition) is 8. The third-order valence-electron chi connectivity index (χ3n) is 9.25. The molecule has 0 aliphatic heterocycles. The lowest BCUT2D eigenvalue weighted by Crippen LogP contribution is -2.37. The summed E-state index contributed by atoms with van der Waals surface area (Å²) in [4.78, 5) is 37.5. The van der Waals surface area contributed by atoms with E-state index in [4.69, 9.17) is 18.5 Å². The first-order valence-corrected chi connectivity index (χ1v) is 24.1. The van der Waals surface area contributed by atoms with Gasteiger partial charge in [-0.2, -0.15) is 0 Å². The van der Waals surface area contributed by atoms with E-state index in [1.165, 1.54) is 77.0 Å². The van der Waals surface area contributed by atoms with Gasteiger partial charge in [-0.1, -0.05) is 177 Å². The lowest BCUT2D eigenvalue weighted by molar-refractivity contribution is -0.870. The van der Waals surface area contributed by atoms with Gasteiger partial charge in [-0.15, -0.1) is 0 Å². The van der Waals surface area contributed by atoms with E-state index in [9.17, 15) is 19.0 Å². The molecule has 334 valence electrons. The largest absolute Gasteiger partial charge is 0.756 e. The number of likely N-dealkylation sites (N-methyl/N-ethyl adjacent to an activating group) is 1. The van der Waals surface area contributed by atoms with Gasteiger partial charge in [0.25, 0.3) is 7.82 Å². The Balaban J connectivity index is 4.48. The minimum absolute atomic E-state index is 0.0467.